The van der Waals surface area contributed by atoms with Gasteiger partial charge in [-0.1, -0.05) is 49.6 Å². The van der Waals surface area contributed by atoms with Crippen LogP contribution in [-0.2, 0) is 4.79 Å². The minimum atomic E-state index is -1.78. The van der Waals surface area contributed by atoms with Gasteiger partial charge in [-0.05, 0) is 101 Å². The molecule has 3 fully saturated rings. The average Bonchev–Trinajstić information content (AvgIpc) is 2.96. The van der Waals surface area contributed by atoms with Crippen LogP contribution in [0.15, 0.2) is 54.6 Å². The van der Waals surface area contributed by atoms with Gasteiger partial charge >= 0.3 is 5.91 Å². The number of ether oxygens (including phenoxy) is 1. The normalized spacial score (nSPS) is 24.8. The van der Waals surface area contributed by atoms with Gasteiger partial charge in [0.2, 0.25) is 0 Å². The van der Waals surface area contributed by atoms with E-state index in [1.165, 1.54) is 96.3 Å². The van der Waals surface area contributed by atoms with Crippen LogP contribution in [0, 0.1) is 0 Å². The lowest BCUT2D eigenvalue weighted by Crippen LogP contribution is -2.52. The number of carbonyl (C=O) groups is 1. The van der Waals surface area contributed by atoms with Gasteiger partial charge in [0.25, 0.3) is 5.85 Å². The molecular weight excluding hydrogens is 461 g/mol. The first-order chi connectivity index (χ1) is 17.8. The molecule has 36 heavy (non-hydrogen) atoms. The molecule has 4 aliphatic rings. The van der Waals surface area contributed by atoms with Crippen LogP contribution in [0.25, 0.3) is 0 Å². The summed E-state index contributed by atoms with van der Waals surface area (Å²) in [6.07, 6.45) is 20.1. The Morgan fingerprint density at radius 2 is 1.08 bits per heavy atom. The fraction of sp³-hybridized carbons (Fsp3) is 0.594. The van der Waals surface area contributed by atoms with Crippen molar-refractivity contribution in [1.29, 1.82) is 0 Å². The van der Waals surface area contributed by atoms with Crippen LogP contribution in [0.3, 0.4) is 0 Å². The summed E-state index contributed by atoms with van der Waals surface area (Å²) in [7, 11) is -1.78. The largest absolute Gasteiger partial charge is 0.446 e. The van der Waals surface area contributed by atoms with Crippen molar-refractivity contribution in [3.63, 3.8) is 0 Å². The highest BCUT2D eigenvalue weighted by Gasteiger charge is 2.67. The Kier molecular flexibility index (Phi) is 7.38. The second kappa shape index (κ2) is 10.9. The third-order valence-electron chi connectivity index (χ3n) is 9.82. The zero-order chi connectivity index (χ0) is 24.4. The summed E-state index contributed by atoms with van der Waals surface area (Å²) < 4.78 is 7.08. The number of fused-ring (bicyclic) bond motifs is 1. The van der Waals surface area contributed by atoms with Gasteiger partial charge in [0.1, 0.15) is 5.75 Å². The molecular formula is C32H43NO2P+. The second-order valence-corrected chi connectivity index (χ2v) is 16.2. The van der Waals surface area contributed by atoms with Crippen LogP contribution in [-0.4, -0.2) is 28.7 Å². The molecule has 1 amide bonds. The van der Waals surface area contributed by atoms with Crippen molar-refractivity contribution in [3.8, 4) is 5.75 Å². The smallest absolute Gasteiger partial charge is 0.312 e. The lowest BCUT2D eigenvalue weighted by Gasteiger charge is -2.52. The van der Waals surface area contributed by atoms with Gasteiger partial charge in [-0.3, -0.25) is 9.69 Å². The summed E-state index contributed by atoms with van der Waals surface area (Å²) in [5, 5.41) is 0. The average molecular weight is 505 g/mol. The number of para-hydroxylation sites is 3. The maximum Gasteiger partial charge on any atom is 0.312 e. The first-order valence-corrected chi connectivity index (χ1v) is 16.9. The Labute approximate surface area is 218 Å². The van der Waals surface area contributed by atoms with E-state index in [-0.39, 0.29) is 11.8 Å². The van der Waals surface area contributed by atoms with Crippen LogP contribution in [0.5, 0.6) is 5.75 Å². The van der Waals surface area contributed by atoms with E-state index >= 15 is 0 Å². The van der Waals surface area contributed by atoms with Gasteiger partial charge in [0.05, 0.1) is 29.9 Å². The molecule has 6 rings (SSSR count). The predicted octanol–water partition coefficient (Wildman–Crippen LogP) is 9.09. The Hall–Kier alpha value is -1.86. The fourth-order valence-electron chi connectivity index (χ4n) is 8.32. The van der Waals surface area contributed by atoms with Gasteiger partial charge in [-0.2, -0.15) is 0 Å². The molecule has 0 bridgehead atoms. The summed E-state index contributed by atoms with van der Waals surface area (Å²) in [4.78, 5) is 16.9. The van der Waals surface area contributed by atoms with Gasteiger partial charge in [0, 0.05) is 5.69 Å². The molecule has 2 aromatic rings. The van der Waals surface area contributed by atoms with E-state index in [1.807, 2.05) is 17.0 Å². The number of amides is 1. The molecule has 3 aliphatic carbocycles. The Bertz CT molecular complexity index is 976. The molecule has 1 atom stereocenters. The lowest BCUT2D eigenvalue weighted by atomic mass is 9.99. The third-order valence-corrected chi connectivity index (χ3v) is 16.3. The monoisotopic (exact) mass is 504 g/mol. The Balaban J connectivity index is 1.52. The number of hydrogen-bond donors (Lipinski definition) is 0. The molecule has 0 aromatic heterocycles. The van der Waals surface area contributed by atoms with E-state index < -0.39 is 7.26 Å². The predicted molar refractivity (Wildman–Crippen MR) is 152 cm³/mol. The molecule has 4 heteroatoms. The van der Waals surface area contributed by atoms with E-state index in [0.29, 0.717) is 17.0 Å². The summed E-state index contributed by atoms with van der Waals surface area (Å²) in [6.45, 7) is 0. The molecule has 2 aromatic carbocycles. The van der Waals surface area contributed by atoms with Gasteiger partial charge in [0.15, 0.2) is 0 Å². The van der Waals surface area contributed by atoms with Crippen LogP contribution in [0.2, 0.25) is 0 Å². The van der Waals surface area contributed by atoms with Crippen molar-refractivity contribution < 1.29 is 9.53 Å². The number of carbonyl (C=O) groups excluding carboxylic acids is 1. The van der Waals surface area contributed by atoms with Crippen LogP contribution >= 0.6 is 7.26 Å². The van der Waals surface area contributed by atoms with E-state index in [4.69, 9.17) is 4.74 Å². The first-order valence-electron chi connectivity index (χ1n) is 14.8. The standard InChI is InChI=1S/C32H43NO2P/c34-31-32(35-30-24-14-13-23-29(30)33(31)25-15-5-1-6-16-25)36(26-17-7-2-8-18-26,27-19-9-3-10-20-27)28-21-11-4-12-22-28/h1,5-6,13-16,23-24,26-28,32H,2-4,7-12,17-22H2/q+1. The second-order valence-electron chi connectivity index (χ2n) is 11.7. The number of hydrogen-bond acceptors (Lipinski definition) is 2. The maximum absolute atomic E-state index is 14.9. The number of rotatable bonds is 5. The first kappa shape index (κ1) is 24.5. The van der Waals surface area contributed by atoms with E-state index in [1.54, 1.807) is 0 Å². The third kappa shape index (κ3) is 4.30. The molecule has 0 saturated heterocycles. The van der Waals surface area contributed by atoms with Crippen molar-refractivity contribution in [3.05, 3.63) is 54.6 Å². The minimum Gasteiger partial charge on any atom is -0.446 e. The van der Waals surface area contributed by atoms with Crippen molar-refractivity contribution >= 4 is 24.5 Å². The van der Waals surface area contributed by atoms with Crippen LogP contribution in [0.1, 0.15) is 96.3 Å². The molecule has 1 unspecified atom stereocenters. The number of anilines is 2. The quantitative estimate of drug-likeness (QED) is 0.380. The fourth-order valence-corrected chi connectivity index (χ4v) is 15.8. The zero-order valence-corrected chi connectivity index (χ0v) is 22.7. The van der Waals surface area contributed by atoms with Crippen LogP contribution in [0.4, 0.5) is 11.4 Å². The summed E-state index contributed by atoms with van der Waals surface area (Å²) in [5.74, 6) is 0.870. The topological polar surface area (TPSA) is 29.5 Å². The Morgan fingerprint density at radius 1 is 0.611 bits per heavy atom. The van der Waals surface area contributed by atoms with Crippen molar-refractivity contribution in [2.75, 3.05) is 4.90 Å². The maximum atomic E-state index is 14.9. The SMILES string of the molecule is O=C1C([P+](C2CCCCC2)(C2CCCCC2)C2CCCCC2)Oc2ccccc2N1c1ccccc1. The van der Waals surface area contributed by atoms with E-state index in [0.717, 1.165) is 17.1 Å². The summed E-state index contributed by atoms with van der Waals surface area (Å²) in [6, 6.07) is 18.6. The molecule has 1 heterocycles. The van der Waals surface area contributed by atoms with Crippen molar-refractivity contribution in [2.24, 2.45) is 0 Å². The molecule has 0 spiro atoms. The van der Waals surface area contributed by atoms with Crippen molar-refractivity contribution in [2.45, 2.75) is 119 Å². The van der Waals surface area contributed by atoms with Crippen LogP contribution < -0.4 is 9.64 Å². The molecule has 1 aliphatic heterocycles. The van der Waals surface area contributed by atoms with Crippen molar-refractivity contribution in [1.82, 2.24) is 0 Å². The highest BCUT2D eigenvalue weighted by Crippen LogP contribution is 2.80. The van der Waals surface area contributed by atoms with Gasteiger partial charge in [-0.15, -0.1) is 0 Å². The molecule has 3 nitrogen and oxygen atoms in total. The molecule has 0 radical (unpaired) electrons. The summed E-state index contributed by atoms with van der Waals surface area (Å²) >= 11 is 0. The minimum absolute atomic E-state index is 0.231. The van der Waals surface area contributed by atoms with Gasteiger partial charge < -0.3 is 4.74 Å². The number of benzene rings is 2. The highest BCUT2D eigenvalue weighted by atomic mass is 31.2. The number of nitrogens with zero attached hydrogens (tertiary/aromatic N) is 1. The highest BCUT2D eigenvalue weighted by molar-refractivity contribution is 7.79. The molecule has 192 valence electrons. The summed E-state index contributed by atoms with van der Waals surface area (Å²) in [5.41, 5.74) is 4.01. The van der Waals surface area contributed by atoms with Gasteiger partial charge in [-0.25, -0.2) is 0 Å². The zero-order valence-electron chi connectivity index (χ0n) is 21.8. The Morgan fingerprint density at radius 3 is 1.61 bits per heavy atom. The molecule has 0 N–H and O–H groups in total. The van der Waals surface area contributed by atoms with E-state index in [9.17, 15) is 4.79 Å². The molecule has 3 saturated carbocycles. The lowest BCUT2D eigenvalue weighted by molar-refractivity contribution is -0.122. The van der Waals surface area contributed by atoms with E-state index in [2.05, 4.69) is 42.5 Å².